The van der Waals surface area contributed by atoms with Gasteiger partial charge in [0.1, 0.15) is 18.8 Å². The molecule has 184 valence electrons. The van der Waals surface area contributed by atoms with Crippen LogP contribution in [0.2, 0.25) is 0 Å². The maximum atomic E-state index is 12.9. The Morgan fingerprint density at radius 2 is 1.91 bits per heavy atom. The van der Waals surface area contributed by atoms with Gasteiger partial charge in [0.05, 0.1) is 30.4 Å². The number of aliphatic hydroxyl groups is 3. The van der Waals surface area contributed by atoms with E-state index in [1.807, 2.05) is 44.2 Å². The molecule has 2 heterocycles. The minimum absolute atomic E-state index is 0.0563. The third-order valence-electron chi connectivity index (χ3n) is 7.05. The van der Waals surface area contributed by atoms with E-state index in [9.17, 15) is 20.1 Å². The molecular weight excluding hydrogens is 432 g/mol. The summed E-state index contributed by atoms with van der Waals surface area (Å²) in [5.74, 6) is -2.58. The van der Waals surface area contributed by atoms with Crippen molar-refractivity contribution in [1.82, 2.24) is 4.90 Å². The molecule has 0 unspecified atom stereocenters. The van der Waals surface area contributed by atoms with Crippen molar-refractivity contribution in [3.63, 3.8) is 0 Å². The first-order valence-electron chi connectivity index (χ1n) is 11.4. The summed E-state index contributed by atoms with van der Waals surface area (Å²) in [6, 6.07) is 7.45. The zero-order valence-electron chi connectivity index (χ0n) is 19.1. The summed E-state index contributed by atoms with van der Waals surface area (Å²) >= 11 is 0. The van der Waals surface area contributed by atoms with Crippen LogP contribution in [0.15, 0.2) is 30.3 Å². The average Bonchev–Trinajstić information content (AvgIpc) is 2.78. The second kappa shape index (κ2) is 9.46. The Bertz CT molecular complexity index is 828. The lowest BCUT2D eigenvalue weighted by Crippen LogP contribution is -2.77. The average molecular weight is 467 g/mol. The molecule has 3 aliphatic rings. The molecule has 2 aliphatic heterocycles. The first-order chi connectivity index (χ1) is 15.7. The van der Waals surface area contributed by atoms with Crippen molar-refractivity contribution in [3.05, 3.63) is 35.9 Å². The topological polar surface area (TPSA) is 144 Å². The summed E-state index contributed by atoms with van der Waals surface area (Å²) in [6.45, 7) is 3.70. The fraction of sp³-hybridized carbons (Fsp3) is 0.696. The van der Waals surface area contributed by atoms with E-state index in [-0.39, 0.29) is 12.7 Å². The zero-order valence-corrected chi connectivity index (χ0v) is 19.1. The Balaban J connectivity index is 1.58. The summed E-state index contributed by atoms with van der Waals surface area (Å²) in [7, 11) is 1.49. The van der Waals surface area contributed by atoms with Crippen LogP contribution in [0.25, 0.3) is 0 Å². The number of amides is 1. The summed E-state index contributed by atoms with van der Waals surface area (Å²) in [4.78, 5) is 14.1. The van der Waals surface area contributed by atoms with Gasteiger partial charge in [0.15, 0.2) is 0 Å². The monoisotopic (exact) mass is 466 g/mol. The van der Waals surface area contributed by atoms with Gasteiger partial charge >= 0.3 is 6.09 Å². The van der Waals surface area contributed by atoms with Crippen molar-refractivity contribution in [1.29, 1.82) is 0 Å². The van der Waals surface area contributed by atoms with Crippen LogP contribution in [0.4, 0.5) is 4.79 Å². The first kappa shape index (κ1) is 24.3. The van der Waals surface area contributed by atoms with Crippen molar-refractivity contribution < 1.29 is 39.1 Å². The largest absolute Gasteiger partial charge is 0.445 e. The number of likely N-dealkylation sites (N-methyl/N-ethyl adjacent to an activating group) is 1. The number of nitrogens with two attached hydrogens (primary N) is 1. The maximum Gasteiger partial charge on any atom is 0.410 e. The molecule has 5 N–H and O–H groups in total. The molecule has 33 heavy (non-hydrogen) atoms. The maximum absolute atomic E-state index is 12.9. The number of hydrogen-bond acceptors (Lipinski definition) is 9. The van der Waals surface area contributed by atoms with Crippen molar-refractivity contribution in [3.8, 4) is 0 Å². The van der Waals surface area contributed by atoms with Gasteiger partial charge in [0.2, 0.25) is 12.1 Å². The van der Waals surface area contributed by atoms with Crippen LogP contribution >= 0.6 is 0 Å². The highest BCUT2D eigenvalue weighted by Crippen LogP contribution is 2.44. The van der Waals surface area contributed by atoms with E-state index >= 15 is 0 Å². The van der Waals surface area contributed by atoms with Gasteiger partial charge in [-0.1, -0.05) is 37.3 Å². The predicted molar refractivity (Wildman–Crippen MR) is 116 cm³/mol. The van der Waals surface area contributed by atoms with Crippen molar-refractivity contribution in [2.45, 2.75) is 88.0 Å². The van der Waals surface area contributed by atoms with Crippen molar-refractivity contribution in [2.75, 3.05) is 7.05 Å². The predicted octanol–water partition coefficient (Wildman–Crippen LogP) is 0.320. The van der Waals surface area contributed by atoms with E-state index in [0.717, 1.165) is 5.56 Å². The van der Waals surface area contributed by atoms with Crippen molar-refractivity contribution in [2.24, 2.45) is 11.7 Å². The Hall–Kier alpha value is -1.79. The number of nitrogens with zero attached hydrogens (tertiary/aromatic N) is 1. The normalized spacial score (nSPS) is 42.7. The molecule has 0 aromatic heterocycles. The van der Waals surface area contributed by atoms with Gasteiger partial charge in [0.25, 0.3) is 0 Å². The third-order valence-corrected chi connectivity index (χ3v) is 7.05. The second-order valence-electron chi connectivity index (χ2n) is 9.25. The molecular formula is C23H34N2O8. The molecule has 0 spiro atoms. The Kier molecular flexibility index (Phi) is 6.97. The van der Waals surface area contributed by atoms with E-state index in [1.165, 1.54) is 11.9 Å². The van der Waals surface area contributed by atoms with Gasteiger partial charge in [-0.3, -0.25) is 0 Å². The standard InChI is InChI=1S/C23H34N2O8/c1-4-14-17(26)16(25(3)22(28)30-11-13-8-6-5-7-9-13)19-20(18(14)27)32-21-23(29,33-19)15(24)10-12(2)31-21/h5-9,12,14-21,26-27,29H,4,10-11,24H2,1-3H3/t12-,14-,15-,16+,17+,18+,19-,20-,21+,23+/m1/s1. The highest BCUT2D eigenvalue weighted by atomic mass is 16.8. The molecule has 1 amide bonds. The Morgan fingerprint density at radius 1 is 1.21 bits per heavy atom. The van der Waals surface area contributed by atoms with Gasteiger partial charge in [-0.2, -0.15) is 0 Å². The minimum Gasteiger partial charge on any atom is -0.445 e. The van der Waals surface area contributed by atoms with Gasteiger partial charge in [-0.25, -0.2) is 4.79 Å². The second-order valence-corrected chi connectivity index (χ2v) is 9.25. The summed E-state index contributed by atoms with van der Waals surface area (Å²) in [5, 5.41) is 33.3. The van der Waals surface area contributed by atoms with E-state index in [2.05, 4.69) is 0 Å². The van der Waals surface area contributed by atoms with Crippen LogP contribution in [0.5, 0.6) is 0 Å². The van der Waals surface area contributed by atoms with E-state index in [4.69, 9.17) is 24.7 Å². The first-order valence-corrected chi connectivity index (χ1v) is 11.4. The van der Waals surface area contributed by atoms with E-state index in [0.29, 0.717) is 12.8 Å². The highest BCUT2D eigenvalue weighted by Gasteiger charge is 2.63. The fourth-order valence-electron chi connectivity index (χ4n) is 5.15. The van der Waals surface area contributed by atoms with Gasteiger partial charge in [-0.15, -0.1) is 0 Å². The van der Waals surface area contributed by atoms with Gasteiger partial charge in [0, 0.05) is 13.0 Å². The van der Waals surface area contributed by atoms with Crippen LogP contribution in [0.3, 0.4) is 0 Å². The molecule has 10 heteroatoms. The van der Waals surface area contributed by atoms with Gasteiger partial charge < -0.3 is 44.9 Å². The molecule has 1 saturated carbocycles. The van der Waals surface area contributed by atoms with Crippen LogP contribution < -0.4 is 5.73 Å². The number of aliphatic hydroxyl groups excluding tert-OH is 2. The van der Waals surface area contributed by atoms with E-state index < -0.39 is 60.6 Å². The molecule has 4 rings (SSSR count). The molecule has 3 fully saturated rings. The summed E-state index contributed by atoms with van der Waals surface area (Å²) in [6.07, 6.45) is -5.64. The number of rotatable bonds is 4. The summed E-state index contributed by atoms with van der Waals surface area (Å²) < 4.78 is 23.2. The SMILES string of the molecule is CC[C@H]1[C@H](O)[C@H]2O[C@@H]3O[C@H](C)C[C@@H](N)[C@]3(O)O[C@@H]2[C@@H](N(C)C(=O)OCc2ccccc2)[C@H]1O. The number of carbonyl (C=O) groups is 1. The molecule has 10 nitrogen and oxygen atoms in total. The molecule has 1 aliphatic carbocycles. The van der Waals surface area contributed by atoms with Crippen LogP contribution in [-0.4, -0.2) is 88.0 Å². The molecule has 0 radical (unpaired) electrons. The lowest BCUT2D eigenvalue weighted by Gasteiger charge is -2.58. The van der Waals surface area contributed by atoms with Crippen molar-refractivity contribution >= 4 is 6.09 Å². The molecule has 2 saturated heterocycles. The highest BCUT2D eigenvalue weighted by molar-refractivity contribution is 5.68. The molecule has 10 atom stereocenters. The lowest BCUT2D eigenvalue weighted by molar-refractivity contribution is -0.451. The van der Waals surface area contributed by atoms with Crippen LogP contribution in [-0.2, 0) is 25.6 Å². The van der Waals surface area contributed by atoms with Crippen LogP contribution in [0, 0.1) is 5.92 Å². The van der Waals surface area contributed by atoms with Gasteiger partial charge in [-0.05, 0) is 25.3 Å². The minimum atomic E-state index is -1.99. The molecule has 0 bridgehead atoms. The number of carbonyl (C=O) groups excluding carboxylic acids is 1. The zero-order chi connectivity index (χ0) is 23.9. The molecule has 1 aromatic carbocycles. The molecule has 1 aromatic rings. The number of fused-ring (bicyclic) bond motifs is 2. The van der Waals surface area contributed by atoms with Crippen LogP contribution in [0.1, 0.15) is 32.3 Å². The van der Waals surface area contributed by atoms with E-state index in [1.54, 1.807) is 0 Å². The Morgan fingerprint density at radius 3 is 2.58 bits per heavy atom. The number of hydrogen-bond donors (Lipinski definition) is 4. The number of benzene rings is 1. The summed E-state index contributed by atoms with van der Waals surface area (Å²) in [5.41, 5.74) is 7.00. The fourth-order valence-corrected chi connectivity index (χ4v) is 5.15. The quantitative estimate of drug-likeness (QED) is 0.493. The number of ether oxygens (including phenoxy) is 4. The third kappa shape index (κ3) is 4.37. The Labute approximate surface area is 193 Å². The smallest absolute Gasteiger partial charge is 0.410 e. The lowest BCUT2D eigenvalue weighted by atomic mass is 9.74.